The average Bonchev–Trinajstić information content (AvgIpc) is 3.01. The van der Waals surface area contributed by atoms with Gasteiger partial charge >= 0.3 is 0 Å². The topological polar surface area (TPSA) is 70.2 Å². The standard InChI is InChI=1S/C35H37N5O/c1-2-28-22-38-33-12-11-29(30-16-27(20-36-21-30)24-40-13-7-4-8-14-40)18-32(33)34(28)35(41)39-31-17-26(19-37-23-31)15-25-9-5-3-6-10-25/h3,5-6,9-12,16-21,23,38H,2,4,7-8,13-15,22,24H2,1H3,(H,39,41). The van der Waals surface area contributed by atoms with Gasteiger partial charge < -0.3 is 10.6 Å². The maximum atomic E-state index is 13.9. The van der Waals surface area contributed by atoms with Crippen molar-refractivity contribution >= 4 is 22.9 Å². The van der Waals surface area contributed by atoms with Crippen molar-refractivity contribution in [2.24, 2.45) is 0 Å². The van der Waals surface area contributed by atoms with E-state index in [-0.39, 0.29) is 5.91 Å². The van der Waals surface area contributed by atoms with Gasteiger partial charge in [-0.1, -0.05) is 49.7 Å². The number of hydrogen-bond acceptors (Lipinski definition) is 5. The van der Waals surface area contributed by atoms with E-state index in [4.69, 9.17) is 0 Å². The fourth-order valence-corrected chi connectivity index (χ4v) is 5.94. The van der Waals surface area contributed by atoms with Crippen molar-refractivity contribution in [2.75, 3.05) is 30.3 Å². The molecule has 2 aromatic carbocycles. The first-order valence-corrected chi connectivity index (χ1v) is 14.7. The minimum Gasteiger partial charge on any atom is -0.381 e. The molecule has 0 saturated carbocycles. The van der Waals surface area contributed by atoms with Gasteiger partial charge in [0.2, 0.25) is 0 Å². The Bertz CT molecular complexity index is 1560. The number of amides is 1. The molecule has 1 saturated heterocycles. The zero-order chi connectivity index (χ0) is 28.0. The van der Waals surface area contributed by atoms with Crippen LogP contribution in [-0.4, -0.2) is 40.4 Å². The van der Waals surface area contributed by atoms with E-state index >= 15 is 0 Å². The second-order valence-corrected chi connectivity index (χ2v) is 11.1. The molecule has 0 unspecified atom stereocenters. The van der Waals surface area contributed by atoms with Gasteiger partial charge in [-0.15, -0.1) is 0 Å². The number of aromatic nitrogens is 2. The number of carbonyl (C=O) groups is 1. The fourth-order valence-electron chi connectivity index (χ4n) is 5.94. The zero-order valence-corrected chi connectivity index (χ0v) is 23.7. The summed E-state index contributed by atoms with van der Waals surface area (Å²) in [5, 5.41) is 6.67. The highest BCUT2D eigenvalue weighted by Gasteiger charge is 2.24. The number of likely N-dealkylation sites (tertiary alicyclic amines) is 1. The molecule has 2 aliphatic rings. The van der Waals surface area contributed by atoms with E-state index in [0.717, 1.165) is 71.6 Å². The van der Waals surface area contributed by atoms with Gasteiger partial charge in [0, 0.05) is 54.1 Å². The number of anilines is 2. The lowest BCUT2D eigenvalue weighted by Crippen LogP contribution is -2.29. The molecule has 1 amide bonds. The number of piperidine rings is 1. The average molecular weight is 544 g/mol. The number of carbonyl (C=O) groups excluding carboxylic acids is 1. The normalized spacial score (nSPS) is 15.2. The monoisotopic (exact) mass is 543 g/mol. The van der Waals surface area contributed by atoms with Crippen LogP contribution < -0.4 is 10.6 Å². The van der Waals surface area contributed by atoms with Crippen LogP contribution in [0.3, 0.4) is 0 Å². The van der Waals surface area contributed by atoms with E-state index in [9.17, 15) is 4.79 Å². The number of rotatable bonds is 8. The van der Waals surface area contributed by atoms with Crippen molar-refractivity contribution in [3.05, 3.63) is 113 Å². The van der Waals surface area contributed by atoms with Crippen molar-refractivity contribution in [1.82, 2.24) is 14.9 Å². The molecule has 2 aromatic heterocycles. The Labute approximate surface area is 242 Å². The molecule has 6 nitrogen and oxygen atoms in total. The zero-order valence-electron chi connectivity index (χ0n) is 23.7. The molecule has 0 spiro atoms. The summed E-state index contributed by atoms with van der Waals surface area (Å²) in [4.78, 5) is 25.4. The molecule has 208 valence electrons. The molecule has 0 bridgehead atoms. The Morgan fingerprint density at radius 3 is 2.49 bits per heavy atom. The SMILES string of the molecule is CCC1=C(C(=O)Nc2cncc(Cc3ccccc3)c2)c2cc(-c3cncc(CN4CCCCC4)c3)ccc2NC1. The Morgan fingerprint density at radius 1 is 0.854 bits per heavy atom. The van der Waals surface area contributed by atoms with E-state index in [1.54, 1.807) is 6.20 Å². The highest BCUT2D eigenvalue weighted by atomic mass is 16.1. The largest absolute Gasteiger partial charge is 0.381 e. The number of nitrogens with one attached hydrogen (secondary N) is 2. The first-order chi connectivity index (χ1) is 20.2. The Balaban J connectivity index is 1.25. The van der Waals surface area contributed by atoms with Crippen LogP contribution in [0.2, 0.25) is 0 Å². The summed E-state index contributed by atoms with van der Waals surface area (Å²) in [7, 11) is 0. The predicted octanol–water partition coefficient (Wildman–Crippen LogP) is 6.95. The summed E-state index contributed by atoms with van der Waals surface area (Å²) in [6, 6.07) is 20.9. The van der Waals surface area contributed by atoms with E-state index in [2.05, 4.69) is 68.8 Å². The molecule has 2 N–H and O–H groups in total. The van der Waals surface area contributed by atoms with Gasteiger partial charge in [0.05, 0.1) is 11.9 Å². The van der Waals surface area contributed by atoms with Crippen LogP contribution in [0.15, 0.2) is 91.0 Å². The minimum absolute atomic E-state index is 0.0996. The minimum atomic E-state index is -0.0996. The lowest BCUT2D eigenvalue weighted by atomic mass is 9.90. The predicted molar refractivity (Wildman–Crippen MR) is 167 cm³/mol. The van der Waals surface area contributed by atoms with Gasteiger partial charge in [-0.2, -0.15) is 0 Å². The van der Waals surface area contributed by atoms with E-state index in [1.165, 1.54) is 30.4 Å². The fraction of sp³-hybridized carbons (Fsp3) is 0.286. The number of nitrogens with zero attached hydrogens (tertiary/aromatic N) is 3. The van der Waals surface area contributed by atoms with Gasteiger partial charge in [0.1, 0.15) is 0 Å². The Morgan fingerprint density at radius 2 is 1.66 bits per heavy atom. The summed E-state index contributed by atoms with van der Waals surface area (Å²) in [6.45, 7) is 6.00. The van der Waals surface area contributed by atoms with Crippen molar-refractivity contribution in [3.63, 3.8) is 0 Å². The molecule has 41 heavy (non-hydrogen) atoms. The van der Waals surface area contributed by atoms with Crippen LogP contribution in [-0.2, 0) is 17.8 Å². The third-order valence-electron chi connectivity index (χ3n) is 8.08. The highest BCUT2D eigenvalue weighted by molar-refractivity contribution is 6.28. The van der Waals surface area contributed by atoms with Gasteiger partial charge in [-0.05, 0) is 90.9 Å². The van der Waals surface area contributed by atoms with Crippen molar-refractivity contribution in [1.29, 1.82) is 0 Å². The van der Waals surface area contributed by atoms with Crippen LogP contribution in [0, 0.1) is 0 Å². The van der Waals surface area contributed by atoms with Crippen LogP contribution in [0.25, 0.3) is 16.7 Å². The van der Waals surface area contributed by atoms with Crippen molar-refractivity contribution < 1.29 is 4.79 Å². The summed E-state index contributed by atoms with van der Waals surface area (Å²) in [6.07, 6.45) is 12.9. The molecule has 4 heterocycles. The summed E-state index contributed by atoms with van der Waals surface area (Å²) in [5.74, 6) is -0.0996. The molecule has 2 aliphatic heterocycles. The van der Waals surface area contributed by atoms with Crippen LogP contribution in [0.1, 0.15) is 54.9 Å². The lowest BCUT2D eigenvalue weighted by molar-refractivity contribution is -0.111. The van der Waals surface area contributed by atoms with Crippen LogP contribution >= 0.6 is 0 Å². The lowest BCUT2D eigenvalue weighted by Gasteiger charge is -2.26. The molecule has 0 aliphatic carbocycles. The van der Waals surface area contributed by atoms with Gasteiger partial charge in [-0.25, -0.2) is 0 Å². The number of benzene rings is 2. The molecule has 0 atom stereocenters. The van der Waals surface area contributed by atoms with Crippen LogP contribution in [0.5, 0.6) is 0 Å². The second kappa shape index (κ2) is 12.5. The summed E-state index contributed by atoms with van der Waals surface area (Å²) >= 11 is 0. The number of pyridine rings is 2. The molecule has 6 rings (SSSR count). The molecular formula is C35H37N5O. The maximum absolute atomic E-state index is 13.9. The van der Waals surface area contributed by atoms with Crippen molar-refractivity contribution in [2.45, 2.75) is 45.6 Å². The Hall–Kier alpha value is -4.29. The van der Waals surface area contributed by atoms with Crippen LogP contribution in [0.4, 0.5) is 11.4 Å². The third kappa shape index (κ3) is 6.39. The van der Waals surface area contributed by atoms with E-state index in [1.807, 2.05) is 42.9 Å². The third-order valence-corrected chi connectivity index (χ3v) is 8.08. The molecule has 6 heteroatoms. The number of hydrogen-bond donors (Lipinski definition) is 2. The van der Waals surface area contributed by atoms with E-state index in [0.29, 0.717) is 12.2 Å². The first-order valence-electron chi connectivity index (χ1n) is 14.7. The van der Waals surface area contributed by atoms with Gasteiger partial charge in [-0.3, -0.25) is 19.7 Å². The smallest absolute Gasteiger partial charge is 0.256 e. The quantitative estimate of drug-likeness (QED) is 0.252. The molecule has 0 radical (unpaired) electrons. The maximum Gasteiger partial charge on any atom is 0.256 e. The van der Waals surface area contributed by atoms with Gasteiger partial charge in [0.25, 0.3) is 5.91 Å². The summed E-state index contributed by atoms with van der Waals surface area (Å²) < 4.78 is 0. The molecule has 4 aromatic rings. The van der Waals surface area contributed by atoms with Crippen molar-refractivity contribution in [3.8, 4) is 11.1 Å². The first kappa shape index (κ1) is 26.9. The van der Waals surface area contributed by atoms with Gasteiger partial charge in [0.15, 0.2) is 0 Å². The summed E-state index contributed by atoms with van der Waals surface area (Å²) in [5.41, 5.74) is 10.1. The van der Waals surface area contributed by atoms with E-state index < -0.39 is 0 Å². The Kier molecular flexibility index (Phi) is 8.19. The second-order valence-electron chi connectivity index (χ2n) is 11.1. The molecule has 1 fully saturated rings. The highest BCUT2D eigenvalue weighted by Crippen LogP contribution is 2.36. The number of fused-ring (bicyclic) bond motifs is 1. The molecular weight excluding hydrogens is 506 g/mol.